The van der Waals surface area contributed by atoms with Gasteiger partial charge in [0.1, 0.15) is 10.8 Å². The number of ether oxygens (including phenoxy) is 1. The fourth-order valence-electron chi connectivity index (χ4n) is 4.22. The van der Waals surface area contributed by atoms with Gasteiger partial charge in [-0.1, -0.05) is 6.42 Å². The normalized spacial score (nSPS) is 23.6. The molecule has 0 saturated heterocycles. The number of fused-ring (bicyclic) bond motifs is 1. The van der Waals surface area contributed by atoms with Crippen molar-refractivity contribution >= 4 is 29.7 Å². The van der Waals surface area contributed by atoms with Gasteiger partial charge in [-0.3, -0.25) is 4.79 Å². The van der Waals surface area contributed by atoms with Crippen molar-refractivity contribution in [1.29, 1.82) is 0 Å². The van der Waals surface area contributed by atoms with Crippen LogP contribution in [-0.2, 0) is 11.2 Å². The quantitative estimate of drug-likeness (QED) is 0.756. The molecule has 1 heterocycles. The third-order valence-corrected chi connectivity index (χ3v) is 7.05. The molecule has 2 aliphatic carbocycles. The number of aryl methyl sites for hydroxylation is 1. The molecule has 28 heavy (non-hydrogen) atoms. The Morgan fingerprint density at radius 1 is 1.25 bits per heavy atom. The van der Waals surface area contributed by atoms with Gasteiger partial charge in [0.2, 0.25) is 5.91 Å². The first-order valence-corrected chi connectivity index (χ1v) is 10.6. The number of nitrogens with zero attached hydrogens (tertiary/aromatic N) is 1. The molecule has 3 atom stereocenters. The Morgan fingerprint density at radius 2 is 2.04 bits per heavy atom. The second-order valence-electron chi connectivity index (χ2n) is 7.63. The average Bonchev–Trinajstić information content (AvgIpc) is 3.29. The molecule has 1 aromatic carbocycles. The van der Waals surface area contributed by atoms with Crippen LogP contribution in [-0.4, -0.2) is 24.0 Å². The van der Waals surface area contributed by atoms with Gasteiger partial charge in [0.15, 0.2) is 0 Å². The van der Waals surface area contributed by atoms with Crippen molar-refractivity contribution < 1.29 is 9.53 Å². The van der Waals surface area contributed by atoms with Gasteiger partial charge >= 0.3 is 0 Å². The number of thiazole rings is 1. The van der Waals surface area contributed by atoms with Crippen molar-refractivity contribution in [3.05, 3.63) is 34.8 Å². The minimum Gasteiger partial charge on any atom is -0.497 e. The van der Waals surface area contributed by atoms with Crippen LogP contribution in [0.2, 0.25) is 0 Å². The lowest BCUT2D eigenvalue weighted by Crippen LogP contribution is -2.34. The maximum atomic E-state index is 12.6. The number of hydrogen-bond donors (Lipinski definition) is 2. The molecule has 1 aromatic heterocycles. The lowest BCUT2D eigenvalue weighted by Gasteiger charge is -2.23. The van der Waals surface area contributed by atoms with Crippen LogP contribution in [0.15, 0.2) is 24.3 Å². The highest BCUT2D eigenvalue weighted by Crippen LogP contribution is 2.38. The Bertz CT molecular complexity index is 808. The van der Waals surface area contributed by atoms with Gasteiger partial charge in [-0.2, -0.15) is 0 Å². The van der Waals surface area contributed by atoms with E-state index in [0.29, 0.717) is 12.3 Å². The number of amides is 1. The molecule has 7 heteroatoms. The van der Waals surface area contributed by atoms with E-state index in [-0.39, 0.29) is 30.4 Å². The van der Waals surface area contributed by atoms with E-state index >= 15 is 0 Å². The molecular weight excluding hydrogens is 394 g/mol. The summed E-state index contributed by atoms with van der Waals surface area (Å²) in [5.74, 6) is 1.31. The van der Waals surface area contributed by atoms with Crippen LogP contribution in [0.4, 0.5) is 0 Å². The van der Waals surface area contributed by atoms with E-state index in [1.807, 2.05) is 24.3 Å². The Morgan fingerprint density at radius 3 is 2.71 bits per heavy atom. The predicted molar refractivity (Wildman–Crippen MR) is 115 cm³/mol. The zero-order valence-electron chi connectivity index (χ0n) is 16.1. The number of benzene rings is 1. The average molecular weight is 422 g/mol. The highest BCUT2D eigenvalue weighted by atomic mass is 35.5. The van der Waals surface area contributed by atoms with Crippen molar-refractivity contribution in [3.63, 3.8) is 0 Å². The summed E-state index contributed by atoms with van der Waals surface area (Å²) in [6, 6.07) is 8.27. The number of carbonyl (C=O) groups excluding carboxylic acids is 1. The van der Waals surface area contributed by atoms with Crippen LogP contribution in [0, 0.1) is 5.92 Å². The van der Waals surface area contributed by atoms with E-state index < -0.39 is 0 Å². The first kappa shape index (κ1) is 21.1. The molecule has 3 N–H and O–H groups in total. The number of rotatable bonds is 5. The standard InChI is InChI=1S/C21H27N3O2S.ClH/c1-26-15-10-8-13(9-11-15)21-24-18-7-3-6-17(20(18)27-21)23-19(25)12-14-4-2-5-16(14)22;/h8-11,14,16-17H,2-7,12,22H2,1H3,(H,23,25);1H/t14-,16+,17?;/m0./s1. The Balaban J connectivity index is 0.00000225. The van der Waals surface area contributed by atoms with E-state index in [4.69, 9.17) is 15.5 Å². The van der Waals surface area contributed by atoms with Gasteiger partial charge in [-0.05, 0) is 62.3 Å². The summed E-state index contributed by atoms with van der Waals surface area (Å²) in [6.07, 6.45) is 6.86. The maximum absolute atomic E-state index is 12.6. The van der Waals surface area contributed by atoms with Crippen molar-refractivity contribution in [1.82, 2.24) is 10.3 Å². The largest absolute Gasteiger partial charge is 0.497 e. The van der Waals surface area contributed by atoms with Crippen molar-refractivity contribution in [2.45, 2.75) is 57.0 Å². The molecule has 2 aromatic rings. The van der Waals surface area contributed by atoms with Gasteiger partial charge < -0.3 is 15.8 Å². The SMILES string of the molecule is COc1ccc(-c2nc3c(s2)C(NC(=O)C[C@@H]2CCC[C@H]2N)CCC3)cc1.Cl. The summed E-state index contributed by atoms with van der Waals surface area (Å²) < 4.78 is 5.24. The van der Waals surface area contributed by atoms with Gasteiger partial charge in [0.05, 0.1) is 23.7 Å². The van der Waals surface area contributed by atoms with E-state index in [0.717, 1.165) is 60.5 Å². The fourth-order valence-corrected chi connectivity index (χ4v) is 5.43. The number of halogens is 1. The van der Waals surface area contributed by atoms with Gasteiger partial charge in [0, 0.05) is 18.0 Å². The second-order valence-corrected chi connectivity index (χ2v) is 8.66. The zero-order valence-corrected chi connectivity index (χ0v) is 17.8. The monoisotopic (exact) mass is 421 g/mol. The summed E-state index contributed by atoms with van der Waals surface area (Å²) in [6.45, 7) is 0. The minimum absolute atomic E-state index is 0. The van der Waals surface area contributed by atoms with Crippen LogP contribution in [0.25, 0.3) is 10.6 Å². The summed E-state index contributed by atoms with van der Waals surface area (Å²) in [5, 5.41) is 4.28. The summed E-state index contributed by atoms with van der Waals surface area (Å²) >= 11 is 1.70. The number of methoxy groups -OCH3 is 1. The smallest absolute Gasteiger partial charge is 0.220 e. The van der Waals surface area contributed by atoms with Gasteiger partial charge in [-0.15, -0.1) is 23.7 Å². The minimum atomic E-state index is 0. The molecule has 2 aliphatic rings. The molecule has 0 radical (unpaired) electrons. The molecule has 1 amide bonds. The third-order valence-electron chi connectivity index (χ3n) is 5.79. The molecular formula is C21H28ClN3O2S. The summed E-state index contributed by atoms with van der Waals surface area (Å²) in [4.78, 5) is 18.6. The lowest BCUT2D eigenvalue weighted by atomic mass is 9.96. The topological polar surface area (TPSA) is 77.2 Å². The molecule has 4 rings (SSSR count). The number of hydrogen-bond acceptors (Lipinski definition) is 5. The fraction of sp³-hybridized carbons (Fsp3) is 0.524. The molecule has 1 unspecified atom stereocenters. The van der Waals surface area contributed by atoms with Crippen molar-refractivity contribution in [2.24, 2.45) is 11.7 Å². The van der Waals surface area contributed by atoms with Gasteiger partial charge in [0.25, 0.3) is 0 Å². The van der Waals surface area contributed by atoms with Crippen LogP contribution in [0.3, 0.4) is 0 Å². The second kappa shape index (κ2) is 9.25. The highest BCUT2D eigenvalue weighted by molar-refractivity contribution is 7.15. The molecule has 0 spiro atoms. The predicted octanol–water partition coefficient (Wildman–Crippen LogP) is 4.25. The molecule has 0 bridgehead atoms. The zero-order chi connectivity index (χ0) is 18.8. The molecule has 5 nitrogen and oxygen atoms in total. The molecule has 152 valence electrons. The van der Waals surface area contributed by atoms with Crippen LogP contribution in [0.1, 0.15) is 55.1 Å². The number of nitrogens with two attached hydrogens (primary N) is 1. The summed E-state index contributed by atoms with van der Waals surface area (Å²) in [7, 11) is 1.67. The van der Waals surface area contributed by atoms with E-state index in [9.17, 15) is 4.79 Å². The van der Waals surface area contributed by atoms with E-state index in [1.165, 1.54) is 4.88 Å². The van der Waals surface area contributed by atoms with Crippen LogP contribution in [0.5, 0.6) is 5.75 Å². The van der Waals surface area contributed by atoms with E-state index in [1.54, 1.807) is 18.4 Å². The number of carbonyl (C=O) groups is 1. The molecule has 1 fully saturated rings. The van der Waals surface area contributed by atoms with Gasteiger partial charge in [-0.25, -0.2) is 4.98 Å². The highest BCUT2D eigenvalue weighted by Gasteiger charge is 2.29. The Hall–Kier alpha value is -1.63. The molecule has 1 saturated carbocycles. The Kier molecular flexibility index (Phi) is 6.96. The van der Waals surface area contributed by atoms with E-state index in [2.05, 4.69) is 5.32 Å². The Labute approximate surface area is 176 Å². The van der Waals surface area contributed by atoms with Crippen LogP contribution >= 0.6 is 23.7 Å². The molecule has 0 aliphatic heterocycles. The van der Waals surface area contributed by atoms with Crippen molar-refractivity contribution in [2.75, 3.05) is 7.11 Å². The lowest BCUT2D eigenvalue weighted by molar-refractivity contribution is -0.122. The van der Waals surface area contributed by atoms with Crippen molar-refractivity contribution in [3.8, 4) is 16.3 Å². The third kappa shape index (κ3) is 4.50. The first-order valence-electron chi connectivity index (χ1n) is 9.83. The first-order chi connectivity index (χ1) is 13.1. The maximum Gasteiger partial charge on any atom is 0.220 e. The number of nitrogens with one attached hydrogen (secondary N) is 1. The summed E-state index contributed by atoms with van der Waals surface area (Å²) in [5.41, 5.74) is 8.36. The van der Waals surface area contributed by atoms with Crippen LogP contribution < -0.4 is 15.8 Å². The number of aromatic nitrogens is 1.